The van der Waals surface area contributed by atoms with Crippen LogP contribution in [0.4, 0.5) is 0 Å². The van der Waals surface area contributed by atoms with Crippen molar-refractivity contribution in [3.8, 4) is 0 Å². The van der Waals surface area contributed by atoms with Crippen LogP contribution in [-0.2, 0) is 14.1 Å². The minimum Gasteiger partial charge on any atom is -0.318 e. The van der Waals surface area contributed by atoms with Crippen LogP contribution in [0.25, 0.3) is 10.9 Å². The predicted octanol–water partition coefficient (Wildman–Crippen LogP) is 0.272. The lowest BCUT2D eigenvalue weighted by atomic mass is 10.3. The molecule has 12 heavy (non-hydrogen) atoms. The fourth-order valence-corrected chi connectivity index (χ4v) is 1.23. The monoisotopic (exact) mass is 163 g/mol. The molecule has 0 atom stereocenters. The third-order valence-corrected chi connectivity index (χ3v) is 1.86. The van der Waals surface area contributed by atoms with Crippen LogP contribution in [0.5, 0.6) is 0 Å². The standard InChI is InChI=1S/C8H9N3O/c1-10-4-3-7-6(8(10)12)5-11(2)9-7/h3-5H,1-2H3. The third kappa shape index (κ3) is 0.845. The Labute approximate surface area is 69.0 Å². The molecule has 0 aliphatic rings. The van der Waals surface area contributed by atoms with Crippen LogP contribution in [0, 0.1) is 0 Å². The Balaban J connectivity index is 2.99. The van der Waals surface area contributed by atoms with Crippen LogP contribution in [0.15, 0.2) is 23.3 Å². The van der Waals surface area contributed by atoms with E-state index >= 15 is 0 Å². The molecule has 0 amide bonds. The van der Waals surface area contributed by atoms with Gasteiger partial charge in [-0.05, 0) is 6.07 Å². The zero-order valence-corrected chi connectivity index (χ0v) is 6.98. The van der Waals surface area contributed by atoms with Crippen LogP contribution < -0.4 is 5.56 Å². The van der Waals surface area contributed by atoms with Crippen molar-refractivity contribution in [1.29, 1.82) is 0 Å². The van der Waals surface area contributed by atoms with E-state index in [4.69, 9.17) is 0 Å². The van der Waals surface area contributed by atoms with E-state index in [0.29, 0.717) is 5.39 Å². The summed E-state index contributed by atoms with van der Waals surface area (Å²) in [6, 6.07) is 1.83. The van der Waals surface area contributed by atoms with Gasteiger partial charge in [0.2, 0.25) is 0 Å². The molecule has 0 spiro atoms. The normalized spacial score (nSPS) is 10.8. The Bertz CT molecular complexity index is 480. The van der Waals surface area contributed by atoms with Crippen LogP contribution >= 0.6 is 0 Å². The second-order valence-corrected chi connectivity index (χ2v) is 2.83. The summed E-state index contributed by atoms with van der Waals surface area (Å²) in [7, 11) is 3.54. The minimum atomic E-state index is 0.000556. The van der Waals surface area contributed by atoms with Gasteiger partial charge in [-0.25, -0.2) is 0 Å². The summed E-state index contributed by atoms with van der Waals surface area (Å²) >= 11 is 0. The van der Waals surface area contributed by atoms with Crippen molar-refractivity contribution < 1.29 is 0 Å². The van der Waals surface area contributed by atoms with E-state index in [1.807, 2.05) is 6.07 Å². The van der Waals surface area contributed by atoms with Gasteiger partial charge >= 0.3 is 0 Å². The second kappa shape index (κ2) is 2.20. The van der Waals surface area contributed by atoms with E-state index < -0.39 is 0 Å². The van der Waals surface area contributed by atoms with Crippen LogP contribution in [-0.4, -0.2) is 14.3 Å². The molecule has 0 fully saturated rings. The predicted molar refractivity (Wildman–Crippen MR) is 46.0 cm³/mol. The Kier molecular flexibility index (Phi) is 1.30. The molecule has 0 bridgehead atoms. The van der Waals surface area contributed by atoms with E-state index in [9.17, 15) is 4.79 Å². The number of aryl methyl sites for hydroxylation is 2. The Hall–Kier alpha value is -1.58. The maximum Gasteiger partial charge on any atom is 0.261 e. The van der Waals surface area contributed by atoms with Gasteiger partial charge < -0.3 is 4.57 Å². The molecule has 62 valence electrons. The molecule has 0 saturated carbocycles. The highest BCUT2D eigenvalue weighted by atomic mass is 16.1. The van der Waals surface area contributed by atoms with Crippen molar-refractivity contribution in [2.45, 2.75) is 0 Å². The molecule has 2 heterocycles. The molecule has 0 N–H and O–H groups in total. The first-order valence-corrected chi connectivity index (χ1v) is 3.67. The van der Waals surface area contributed by atoms with Crippen molar-refractivity contribution in [3.05, 3.63) is 28.8 Å². The molecule has 0 saturated heterocycles. The fourth-order valence-electron chi connectivity index (χ4n) is 1.23. The zero-order valence-electron chi connectivity index (χ0n) is 6.98. The van der Waals surface area contributed by atoms with Crippen molar-refractivity contribution in [2.75, 3.05) is 0 Å². The molecule has 0 aromatic carbocycles. The molecule has 0 aliphatic carbocycles. The molecule has 0 aliphatic heterocycles. The summed E-state index contributed by atoms with van der Waals surface area (Å²) in [4.78, 5) is 11.5. The summed E-state index contributed by atoms with van der Waals surface area (Å²) in [5.74, 6) is 0. The highest BCUT2D eigenvalue weighted by molar-refractivity contribution is 5.76. The second-order valence-electron chi connectivity index (χ2n) is 2.83. The largest absolute Gasteiger partial charge is 0.318 e. The van der Waals surface area contributed by atoms with E-state index in [0.717, 1.165) is 5.52 Å². The van der Waals surface area contributed by atoms with Crippen molar-refractivity contribution in [1.82, 2.24) is 14.3 Å². The zero-order chi connectivity index (χ0) is 8.72. The number of hydrogen-bond acceptors (Lipinski definition) is 2. The number of nitrogens with zero attached hydrogens (tertiary/aromatic N) is 3. The highest BCUT2D eigenvalue weighted by Gasteiger charge is 2.02. The minimum absolute atomic E-state index is 0.000556. The topological polar surface area (TPSA) is 39.8 Å². The molecule has 2 aromatic heterocycles. The van der Waals surface area contributed by atoms with Gasteiger partial charge in [0.15, 0.2) is 0 Å². The summed E-state index contributed by atoms with van der Waals surface area (Å²) < 4.78 is 3.19. The maximum atomic E-state index is 11.5. The van der Waals surface area contributed by atoms with Gasteiger partial charge in [0.05, 0.1) is 10.9 Å². The molecule has 4 nitrogen and oxygen atoms in total. The Morgan fingerprint density at radius 2 is 2.17 bits per heavy atom. The smallest absolute Gasteiger partial charge is 0.261 e. The van der Waals surface area contributed by atoms with Crippen LogP contribution in [0.1, 0.15) is 0 Å². The lowest BCUT2D eigenvalue weighted by Gasteiger charge is -1.92. The molecular weight excluding hydrogens is 154 g/mol. The molecular formula is C8H9N3O. The molecule has 4 heteroatoms. The third-order valence-electron chi connectivity index (χ3n) is 1.86. The average molecular weight is 163 g/mol. The van der Waals surface area contributed by atoms with Crippen LogP contribution in [0.2, 0.25) is 0 Å². The van der Waals surface area contributed by atoms with E-state index in [1.54, 1.807) is 35.7 Å². The highest BCUT2D eigenvalue weighted by Crippen LogP contribution is 2.04. The Morgan fingerprint density at radius 1 is 1.42 bits per heavy atom. The number of pyridine rings is 1. The van der Waals surface area contributed by atoms with Gasteiger partial charge in [0.25, 0.3) is 5.56 Å². The lowest BCUT2D eigenvalue weighted by Crippen LogP contribution is -2.14. The number of fused-ring (bicyclic) bond motifs is 1. The van der Waals surface area contributed by atoms with Crippen LogP contribution in [0.3, 0.4) is 0 Å². The van der Waals surface area contributed by atoms with Crippen molar-refractivity contribution in [2.24, 2.45) is 14.1 Å². The summed E-state index contributed by atoms with van der Waals surface area (Å²) in [5.41, 5.74) is 0.751. The average Bonchev–Trinajstić information content (AvgIpc) is 2.39. The van der Waals surface area contributed by atoms with Crippen molar-refractivity contribution in [3.63, 3.8) is 0 Å². The van der Waals surface area contributed by atoms with E-state index in [2.05, 4.69) is 5.10 Å². The lowest BCUT2D eigenvalue weighted by molar-refractivity contribution is 0.779. The van der Waals surface area contributed by atoms with Gasteiger partial charge in [-0.3, -0.25) is 9.48 Å². The van der Waals surface area contributed by atoms with E-state index in [1.165, 1.54) is 0 Å². The molecule has 0 unspecified atom stereocenters. The molecule has 2 aromatic rings. The molecule has 0 radical (unpaired) electrons. The quantitative estimate of drug-likeness (QED) is 0.559. The summed E-state index contributed by atoms with van der Waals surface area (Å²) in [5, 5.41) is 4.79. The first kappa shape index (κ1) is 7.09. The van der Waals surface area contributed by atoms with Gasteiger partial charge in [0.1, 0.15) is 0 Å². The van der Waals surface area contributed by atoms with Gasteiger partial charge in [0, 0.05) is 26.5 Å². The van der Waals surface area contributed by atoms with E-state index in [-0.39, 0.29) is 5.56 Å². The maximum absolute atomic E-state index is 11.5. The van der Waals surface area contributed by atoms with Gasteiger partial charge in [-0.2, -0.15) is 5.10 Å². The van der Waals surface area contributed by atoms with Gasteiger partial charge in [-0.1, -0.05) is 0 Å². The first-order valence-electron chi connectivity index (χ1n) is 3.67. The van der Waals surface area contributed by atoms with Gasteiger partial charge in [-0.15, -0.1) is 0 Å². The fraction of sp³-hybridized carbons (Fsp3) is 0.250. The Morgan fingerprint density at radius 3 is 2.92 bits per heavy atom. The first-order chi connectivity index (χ1) is 5.68. The SMILES string of the molecule is Cn1cc2c(=O)n(C)ccc2n1. The summed E-state index contributed by atoms with van der Waals surface area (Å²) in [6.07, 6.45) is 3.45. The molecule has 2 rings (SSSR count). The number of aromatic nitrogens is 3. The number of rotatable bonds is 0. The number of hydrogen-bond donors (Lipinski definition) is 0. The summed E-state index contributed by atoms with van der Waals surface area (Å²) in [6.45, 7) is 0. The van der Waals surface area contributed by atoms with Crippen molar-refractivity contribution >= 4 is 10.9 Å².